The molecule has 0 aliphatic carbocycles. The largest absolute Gasteiger partial charge is 0.507 e. The predicted octanol–water partition coefficient (Wildman–Crippen LogP) is 2.22. The Morgan fingerprint density at radius 2 is 2.04 bits per heavy atom. The number of aromatic nitrogens is 5. The van der Waals surface area contributed by atoms with Crippen molar-refractivity contribution in [2.75, 3.05) is 31.3 Å². The van der Waals surface area contributed by atoms with E-state index in [-0.39, 0.29) is 5.75 Å². The number of likely N-dealkylation sites (N-methyl/N-ethyl adjacent to an activating group) is 1. The number of hydrogen-bond donors (Lipinski definition) is 2. The second-order valence-corrected chi connectivity index (χ2v) is 7.37. The standard InChI is InChI=1S/C19H21N7OS/c1-20-13-5-6-26(10-13)19-21-9-16(24-25-19)14-4-3-12(7-17(14)27)15-8-18(28-2)23-11-22-15/h3-4,7-9,11,13,20,27H,5-6,10H2,1-2H3. The number of rotatable bonds is 5. The van der Waals surface area contributed by atoms with Gasteiger partial charge in [-0.25, -0.2) is 15.0 Å². The van der Waals surface area contributed by atoms with Gasteiger partial charge in [-0.2, -0.15) is 0 Å². The van der Waals surface area contributed by atoms with Gasteiger partial charge in [-0.05, 0) is 37.9 Å². The van der Waals surface area contributed by atoms with E-state index in [0.717, 1.165) is 35.8 Å². The smallest absolute Gasteiger partial charge is 0.245 e. The minimum Gasteiger partial charge on any atom is -0.507 e. The molecule has 1 aliphatic heterocycles. The normalized spacial score (nSPS) is 16.5. The molecule has 2 aromatic heterocycles. The molecule has 28 heavy (non-hydrogen) atoms. The van der Waals surface area contributed by atoms with Crippen molar-refractivity contribution in [1.29, 1.82) is 0 Å². The number of phenols is 1. The van der Waals surface area contributed by atoms with E-state index in [4.69, 9.17) is 0 Å². The van der Waals surface area contributed by atoms with Gasteiger partial charge >= 0.3 is 0 Å². The van der Waals surface area contributed by atoms with E-state index in [2.05, 4.69) is 35.4 Å². The quantitative estimate of drug-likeness (QED) is 0.497. The molecule has 0 amide bonds. The van der Waals surface area contributed by atoms with Crippen LogP contribution in [0.5, 0.6) is 5.75 Å². The minimum atomic E-state index is 0.113. The SMILES string of the molecule is CNC1CCN(c2ncc(-c3ccc(-c4cc(SC)ncn4)cc3O)nn2)C1. The lowest BCUT2D eigenvalue weighted by Gasteiger charge is -2.15. The monoisotopic (exact) mass is 395 g/mol. The first kappa shape index (κ1) is 18.6. The summed E-state index contributed by atoms with van der Waals surface area (Å²) >= 11 is 1.55. The lowest BCUT2D eigenvalue weighted by molar-refractivity contribution is 0.477. The zero-order valence-electron chi connectivity index (χ0n) is 15.7. The molecule has 0 radical (unpaired) electrons. The first-order valence-electron chi connectivity index (χ1n) is 8.99. The fraction of sp³-hybridized carbons (Fsp3) is 0.316. The summed E-state index contributed by atoms with van der Waals surface area (Å²) in [6.45, 7) is 1.78. The summed E-state index contributed by atoms with van der Waals surface area (Å²) in [7, 11) is 1.96. The Bertz CT molecular complexity index is 967. The maximum absolute atomic E-state index is 10.5. The van der Waals surface area contributed by atoms with E-state index in [9.17, 15) is 5.11 Å². The lowest BCUT2D eigenvalue weighted by Crippen LogP contribution is -2.30. The van der Waals surface area contributed by atoms with Gasteiger partial charge in [0.15, 0.2) is 0 Å². The first-order valence-corrected chi connectivity index (χ1v) is 10.2. The van der Waals surface area contributed by atoms with Gasteiger partial charge in [0.25, 0.3) is 0 Å². The molecule has 1 saturated heterocycles. The van der Waals surface area contributed by atoms with Crippen molar-refractivity contribution in [1.82, 2.24) is 30.5 Å². The average Bonchev–Trinajstić information content (AvgIpc) is 3.23. The predicted molar refractivity (Wildman–Crippen MR) is 109 cm³/mol. The zero-order chi connectivity index (χ0) is 19.5. The summed E-state index contributed by atoms with van der Waals surface area (Å²) in [6, 6.07) is 7.73. The molecule has 1 aromatic carbocycles. The van der Waals surface area contributed by atoms with E-state index in [1.165, 1.54) is 6.33 Å². The van der Waals surface area contributed by atoms with Crippen molar-refractivity contribution in [2.24, 2.45) is 0 Å². The molecule has 3 heterocycles. The van der Waals surface area contributed by atoms with Crippen molar-refractivity contribution in [2.45, 2.75) is 17.5 Å². The summed E-state index contributed by atoms with van der Waals surface area (Å²) in [5.41, 5.74) is 2.69. The number of nitrogens with zero attached hydrogens (tertiary/aromatic N) is 6. The molecule has 2 N–H and O–H groups in total. The fourth-order valence-corrected chi connectivity index (χ4v) is 3.61. The lowest BCUT2D eigenvalue weighted by atomic mass is 10.1. The Balaban J connectivity index is 1.56. The van der Waals surface area contributed by atoms with E-state index in [0.29, 0.717) is 23.2 Å². The summed E-state index contributed by atoms with van der Waals surface area (Å²) in [5.74, 6) is 0.727. The van der Waals surface area contributed by atoms with Crippen molar-refractivity contribution < 1.29 is 5.11 Å². The van der Waals surface area contributed by atoms with Crippen molar-refractivity contribution in [3.05, 3.63) is 36.8 Å². The third-order valence-electron chi connectivity index (χ3n) is 4.85. The second kappa shape index (κ2) is 8.07. The van der Waals surface area contributed by atoms with E-state index >= 15 is 0 Å². The molecule has 1 unspecified atom stereocenters. The van der Waals surface area contributed by atoms with Crippen LogP contribution in [0.4, 0.5) is 5.95 Å². The van der Waals surface area contributed by atoms with Crippen LogP contribution in [0.3, 0.4) is 0 Å². The van der Waals surface area contributed by atoms with Crippen molar-refractivity contribution >= 4 is 17.7 Å². The highest BCUT2D eigenvalue weighted by Crippen LogP contribution is 2.32. The number of aromatic hydroxyl groups is 1. The Labute approximate surface area is 167 Å². The Kier molecular flexibility index (Phi) is 5.36. The fourth-order valence-electron chi connectivity index (χ4n) is 3.23. The minimum absolute atomic E-state index is 0.113. The van der Waals surface area contributed by atoms with Crippen molar-refractivity contribution in [3.8, 4) is 28.3 Å². The van der Waals surface area contributed by atoms with Gasteiger partial charge in [0.2, 0.25) is 5.95 Å². The van der Waals surface area contributed by atoms with E-state index < -0.39 is 0 Å². The third-order valence-corrected chi connectivity index (χ3v) is 5.49. The Morgan fingerprint density at radius 3 is 2.71 bits per heavy atom. The molecule has 3 aromatic rings. The molecular weight excluding hydrogens is 374 g/mol. The van der Waals surface area contributed by atoms with Crippen LogP contribution in [-0.4, -0.2) is 62.7 Å². The highest BCUT2D eigenvalue weighted by molar-refractivity contribution is 7.98. The molecule has 1 fully saturated rings. The van der Waals surface area contributed by atoms with Gasteiger partial charge in [-0.3, -0.25) is 0 Å². The van der Waals surface area contributed by atoms with Crippen LogP contribution in [0.25, 0.3) is 22.5 Å². The van der Waals surface area contributed by atoms with Gasteiger partial charge in [0, 0.05) is 30.3 Å². The number of hydrogen-bond acceptors (Lipinski definition) is 9. The Hall–Kier alpha value is -2.78. The molecule has 1 atom stereocenters. The van der Waals surface area contributed by atoms with Crippen LogP contribution in [0.15, 0.2) is 41.8 Å². The summed E-state index contributed by atoms with van der Waals surface area (Å²) in [5, 5.41) is 23.2. The number of phenolic OH excluding ortho intramolecular Hbond substituents is 1. The summed E-state index contributed by atoms with van der Waals surface area (Å²) in [4.78, 5) is 15.0. The van der Waals surface area contributed by atoms with E-state index in [1.54, 1.807) is 24.0 Å². The summed E-state index contributed by atoms with van der Waals surface area (Å²) in [6.07, 6.45) is 6.20. The zero-order valence-corrected chi connectivity index (χ0v) is 16.5. The van der Waals surface area contributed by atoms with Crippen LogP contribution < -0.4 is 10.2 Å². The highest BCUT2D eigenvalue weighted by Gasteiger charge is 2.23. The number of benzene rings is 1. The summed E-state index contributed by atoms with van der Waals surface area (Å²) < 4.78 is 0. The Morgan fingerprint density at radius 1 is 1.14 bits per heavy atom. The molecule has 0 saturated carbocycles. The highest BCUT2D eigenvalue weighted by atomic mass is 32.2. The number of nitrogens with one attached hydrogen (secondary N) is 1. The third kappa shape index (κ3) is 3.76. The molecular formula is C19H21N7OS. The molecule has 144 valence electrons. The van der Waals surface area contributed by atoms with Gasteiger partial charge in [-0.1, -0.05) is 6.07 Å². The van der Waals surface area contributed by atoms with Crippen LogP contribution in [-0.2, 0) is 0 Å². The van der Waals surface area contributed by atoms with Gasteiger partial charge in [0.1, 0.15) is 17.8 Å². The van der Waals surface area contributed by atoms with Crippen LogP contribution in [0, 0.1) is 0 Å². The molecule has 1 aliphatic rings. The van der Waals surface area contributed by atoms with Crippen molar-refractivity contribution in [3.63, 3.8) is 0 Å². The maximum Gasteiger partial charge on any atom is 0.245 e. The molecule has 0 bridgehead atoms. The number of anilines is 1. The maximum atomic E-state index is 10.5. The van der Waals surface area contributed by atoms with Crippen LogP contribution >= 0.6 is 11.8 Å². The number of thioether (sulfide) groups is 1. The first-order chi connectivity index (χ1) is 13.7. The van der Waals surface area contributed by atoms with Crippen LogP contribution in [0.2, 0.25) is 0 Å². The molecule has 0 spiro atoms. The van der Waals surface area contributed by atoms with Crippen LogP contribution in [0.1, 0.15) is 6.42 Å². The van der Waals surface area contributed by atoms with E-state index in [1.807, 2.05) is 31.5 Å². The van der Waals surface area contributed by atoms with Gasteiger partial charge in [-0.15, -0.1) is 22.0 Å². The second-order valence-electron chi connectivity index (χ2n) is 6.54. The van der Waals surface area contributed by atoms with Gasteiger partial charge < -0.3 is 15.3 Å². The molecule has 9 heteroatoms. The molecule has 4 rings (SSSR count). The average molecular weight is 395 g/mol. The van der Waals surface area contributed by atoms with Gasteiger partial charge in [0.05, 0.1) is 16.9 Å². The topological polar surface area (TPSA) is 100.0 Å². The molecule has 8 nitrogen and oxygen atoms in total.